The highest BCUT2D eigenvalue weighted by Crippen LogP contribution is 2.29. The fourth-order valence-corrected chi connectivity index (χ4v) is 2.32. The van der Waals surface area contributed by atoms with E-state index in [1.54, 1.807) is 25.3 Å². The molecule has 0 spiro atoms. The van der Waals surface area contributed by atoms with Crippen LogP contribution < -0.4 is 5.32 Å². The van der Waals surface area contributed by atoms with Crippen LogP contribution in [0.1, 0.15) is 19.2 Å². The first kappa shape index (κ1) is 13.8. The topological polar surface area (TPSA) is 90.1 Å². The fraction of sp³-hybridized carbons (Fsp3) is 0.429. The van der Waals surface area contributed by atoms with E-state index in [9.17, 15) is 4.79 Å². The number of aromatic nitrogens is 3. The van der Waals surface area contributed by atoms with E-state index >= 15 is 0 Å². The molecule has 1 aliphatic heterocycles. The van der Waals surface area contributed by atoms with Crippen molar-refractivity contribution in [2.75, 3.05) is 19.7 Å². The Hall–Kier alpha value is -2.12. The van der Waals surface area contributed by atoms with E-state index in [4.69, 9.17) is 9.26 Å². The molecule has 3 heterocycles. The smallest absolute Gasteiger partial charge is 0.268 e. The van der Waals surface area contributed by atoms with E-state index in [1.807, 2.05) is 6.07 Å². The van der Waals surface area contributed by atoms with Crippen molar-refractivity contribution in [2.24, 2.45) is 0 Å². The third kappa shape index (κ3) is 2.45. The number of morpholine rings is 1. The Kier molecular flexibility index (Phi) is 3.76. The molecule has 0 radical (unpaired) electrons. The molecule has 1 unspecified atom stereocenters. The van der Waals surface area contributed by atoms with Gasteiger partial charge in [0.1, 0.15) is 5.69 Å². The number of nitrogens with zero attached hydrogens (tertiary/aromatic N) is 3. The van der Waals surface area contributed by atoms with Crippen LogP contribution in [0.25, 0.3) is 11.5 Å². The molecule has 1 aliphatic rings. The van der Waals surface area contributed by atoms with Gasteiger partial charge in [-0.05, 0) is 12.1 Å². The fourth-order valence-electron chi connectivity index (χ4n) is 2.32. The van der Waals surface area contributed by atoms with Gasteiger partial charge in [0.05, 0.1) is 6.61 Å². The van der Waals surface area contributed by atoms with Crippen LogP contribution in [-0.2, 0) is 15.1 Å². The standard InChI is InChI=1S/C14H16N4O3/c1-2-11(19)14(9-15-7-8-20-14)13-17-12(18-21-13)10-5-3-4-6-16-10/h3-6,15H,2,7-9H2,1H3. The number of hydrogen-bond donors (Lipinski definition) is 1. The molecule has 1 atom stereocenters. The van der Waals surface area contributed by atoms with Gasteiger partial charge in [0.15, 0.2) is 5.78 Å². The van der Waals surface area contributed by atoms with Crippen LogP contribution in [0.15, 0.2) is 28.9 Å². The first-order valence-electron chi connectivity index (χ1n) is 6.90. The van der Waals surface area contributed by atoms with Gasteiger partial charge in [-0.3, -0.25) is 9.78 Å². The van der Waals surface area contributed by atoms with Crippen molar-refractivity contribution in [1.82, 2.24) is 20.4 Å². The highest BCUT2D eigenvalue weighted by molar-refractivity contribution is 5.87. The molecule has 0 aliphatic carbocycles. The molecular formula is C14H16N4O3. The van der Waals surface area contributed by atoms with E-state index in [1.165, 1.54) is 0 Å². The molecule has 0 amide bonds. The molecule has 0 saturated carbocycles. The predicted octanol–water partition coefficient (Wildman–Crippen LogP) is 0.926. The summed E-state index contributed by atoms with van der Waals surface area (Å²) in [6, 6.07) is 5.42. The van der Waals surface area contributed by atoms with Gasteiger partial charge in [-0.2, -0.15) is 4.98 Å². The van der Waals surface area contributed by atoms with Crippen molar-refractivity contribution < 1.29 is 14.1 Å². The summed E-state index contributed by atoms with van der Waals surface area (Å²) in [5, 5.41) is 7.06. The zero-order chi connectivity index (χ0) is 14.7. The lowest BCUT2D eigenvalue weighted by atomic mass is 9.94. The number of carbonyl (C=O) groups is 1. The van der Waals surface area contributed by atoms with Gasteiger partial charge >= 0.3 is 0 Å². The molecular weight excluding hydrogens is 272 g/mol. The summed E-state index contributed by atoms with van der Waals surface area (Å²) < 4.78 is 11.0. The zero-order valence-electron chi connectivity index (χ0n) is 11.7. The van der Waals surface area contributed by atoms with E-state index in [2.05, 4.69) is 20.4 Å². The second kappa shape index (κ2) is 5.71. The average molecular weight is 288 g/mol. The first-order chi connectivity index (χ1) is 10.3. The monoisotopic (exact) mass is 288 g/mol. The van der Waals surface area contributed by atoms with Gasteiger partial charge in [0.2, 0.25) is 11.4 Å². The van der Waals surface area contributed by atoms with Crippen molar-refractivity contribution in [2.45, 2.75) is 18.9 Å². The number of rotatable bonds is 4. The second-order valence-corrected chi connectivity index (χ2v) is 4.77. The summed E-state index contributed by atoms with van der Waals surface area (Å²) >= 11 is 0. The molecule has 21 heavy (non-hydrogen) atoms. The number of hydrogen-bond acceptors (Lipinski definition) is 7. The Morgan fingerprint density at radius 3 is 3.05 bits per heavy atom. The number of carbonyl (C=O) groups excluding carboxylic acids is 1. The van der Waals surface area contributed by atoms with Gasteiger partial charge in [-0.1, -0.05) is 18.1 Å². The highest BCUT2D eigenvalue weighted by Gasteiger charge is 2.47. The number of pyridine rings is 1. The summed E-state index contributed by atoms with van der Waals surface area (Å²) in [6.45, 7) is 3.24. The van der Waals surface area contributed by atoms with Crippen molar-refractivity contribution in [3.05, 3.63) is 30.3 Å². The van der Waals surface area contributed by atoms with Crippen LogP contribution in [0.2, 0.25) is 0 Å². The molecule has 3 rings (SSSR count). The molecule has 2 aromatic rings. The number of ether oxygens (including phenoxy) is 1. The van der Waals surface area contributed by atoms with Crippen LogP contribution >= 0.6 is 0 Å². The van der Waals surface area contributed by atoms with E-state index in [-0.39, 0.29) is 11.7 Å². The van der Waals surface area contributed by atoms with Gasteiger partial charge < -0.3 is 14.6 Å². The quantitative estimate of drug-likeness (QED) is 0.894. The van der Waals surface area contributed by atoms with Crippen LogP contribution in [0.3, 0.4) is 0 Å². The van der Waals surface area contributed by atoms with Gasteiger partial charge in [-0.15, -0.1) is 0 Å². The molecule has 2 aromatic heterocycles. The second-order valence-electron chi connectivity index (χ2n) is 4.77. The minimum Gasteiger partial charge on any atom is -0.355 e. The van der Waals surface area contributed by atoms with Gasteiger partial charge in [0, 0.05) is 25.7 Å². The van der Waals surface area contributed by atoms with Gasteiger partial charge in [0.25, 0.3) is 5.89 Å². The van der Waals surface area contributed by atoms with Crippen LogP contribution in [0.4, 0.5) is 0 Å². The third-order valence-electron chi connectivity index (χ3n) is 3.44. The molecule has 1 fully saturated rings. The van der Waals surface area contributed by atoms with Crippen molar-refractivity contribution in [3.8, 4) is 11.5 Å². The Balaban J connectivity index is 1.98. The Bertz CT molecular complexity index is 620. The molecule has 7 heteroatoms. The maximum Gasteiger partial charge on any atom is 0.268 e. The van der Waals surface area contributed by atoms with Crippen LogP contribution in [0, 0.1) is 0 Å². The molecule has 7 nitrogen and oxygen atoms in total. The van der Waals surface area contributed by atoms with Crippen LogP contribution in [-0.4, -0.2) is 40.6 Å². The maximum absolute atomic E-state index is 12.3. The molecule has 1 N–H and O–H groups in total. The number of Topliss-reactive ketones (excluding diaryl/α,β-unsaturated/α-hetero) is 1. The number of ketones is 1. The van der Waals surface area contributed by atoms with Gasteiger partial charge in [-0.25, -0.2) is 0 Å². The summed E-state index contributed by atoms with van der Waals surface area (Å²) in [5.41, 5.74) is -0.595. The highest BCUT2D eigenvalue weighted by atomic mass is 16.5. The Labute approximate surface area is 121 Å². The van der Waals surface area contributed by atoms with E-state index in [0.29, 0.717) is 37.6 Å². The Morgan fingerprint density at radius 1 is 1.48 bits per heavy atom. The number of nitrogens with one attached hydrogen (secondary N) is 1. The summed E-state index contributed by atoms with van der Waals surface area (Å²) in [5.74, 6) is 0.455. The molecule has 110 valence electrons. The normalized spacial score (nSPS) is 22.1. The van der Waals surface area contributed by atoms with Crippen LogP contribution in [0.5, 0.6) is 0 Å². The maximum atomic E-state index is 12.3. The lowest BCUT2D eigenvalue weighted by Crippen LogP contribution is -2.52. The zero-order valence-corrected chi connectivity index (χ0v) is 11.7. The summed E-state index contributed by atoms with van der Waals surface area (Å²) in [7, 11) is 0. The molecule has 0 aromatic carbocycles. The minimum absolute atomic E-state index is 0.0779. The van der Waals surface area contributed by atoms with Crippen molar-refractivity contribution in [1.29, 1.82) is 0 Å². The predicted molar refractivity (Wildman–Crippen MR) is 73.3 cm³/mol. The van der Waals surface area contributed by atoms with E-state index in [0.717, 1.165) is 0 Å². The summed E-state index contributed by atoms with van der Waals surface area (Å²) in [6.07, 6.45) is 1.99. The molecule has 1 saturated heterocycles. The lowest BCUT2D eigenvalue weighted by Gasteiger charge is -2.32. The lowest BCUT2D eigenvalue weighted by molar-refractivity contribution is -0.154. The summed E-state index contributed by atoms with van der Waals surface area (Å²) in [4.78, 5) is 20.8. The largest absolute Gasteiger partial charge is 0.355 e. The van der Waals surface area contributed by atoms with Crippen molar-refractivity contribution >= 4 is 5.78 Å². The average Bonchev–Trinajstić information content (AvgIpc) is 3.06. The SMILES string of the molecule is CCC(=O)C1(c2nc(-c3ccccn3)no2)CNCCO1. The first-order valence-corrected chi connectivity index (χ1v) is 6.90. The van der Waals surface area contributed by atoms with E-state index < -0.39 is 5.60 Å². The Morgan fingerprint density at radius 2 is 2.38 bits per heavy atom. The third-order valence-corrected chi connectivity index (χ3v) is 3.44. The van der Waals surface area contributed by atoms with Crippen molar-refractivity contribution in [3.63, 3.8) is 0 Å². The minimum atomic E-state index is -1.19. The molecule has 0 bridgehead atoms.